The molecular weight excluding hydrogens is 370 g/mol. The van der Waals surface area contributed by atoms with Crippen LogP contribution < -0.4 is 10.1 Å². The zero-order chi connectivity index (χ0) is 20.2. The molecule has 0 aliphatic rings. The van der Waals surface area contributed by atoms with E-state index in [0.29, 0.717) is 17.0 Å². The quantitative estimate of drug-likeness (QED) is 0.465. The number of rotatable bonds is 6. The average molecular weight is 387 g/mol. The van der Waals surface area contributed by atoms with Gasteiger partial charge in [0.25, 0.3) is 5.91 Å². The molecule has 7 heteroatoms. The Bertz CT molecular complexity index is 1150. The molecule has 0 fully saturated rings. The molecule has 1 amide bonds. The molecular formula is C22H17N3O4. The Hall–Kier alpha value is -4.13. The predicted octanol–water partition coefficient (Wildman–Crippen LogP) is 3.95. The number of carbonyl (C=O) groups excluding carboxylic acids is 1. The Kier molecular flexibility index (Phi) is 4.94. The number of aromatic nitrogens is 2. The van der Waals surface area contributed by atoms with E-state index in [9.17, 15) is 9.59 Å². The normalized spacial score (nSPS) is 10.6. The van der Waals surface area contributed by atoms with Crippen molar-refractivity contribution in [2.75, 3.05) is 11.9 Å². The van der Waals surface area contributed by atoms with Gasteiger partial charge in [-0.1, -0.05) is 18.2 Å². The third kappa shape index (κ3) is 4.24. The molecule has 0 aliphatic carbocycles. The zero-order valence-electron chi connectivity index (χ0n) is 15.3. The molecule has 0 saturated heterocycles. The molecule has 3 N–H and O–H groups in total. The van der Waals surface area contributed by atoms with Crippen LogP contribution in [0.4, 0.5) is 5.69 Å². The number of H-pyrrole nitrogens is 1. The van der Waals surface area contributed by atoms with Gasteiger partial charge in [-0.15, -0.1) is 0 Å². The van der Waals surface area contributed by atoms with Gasteiger partial charge >= 0.3 is 5.97 Å². The second-order valence-electron chi connectivity index (χ2n) is 6.34. The third-order valence-electron chi connectivity index (χ3n) is 4.26. The highest BCUT2D eigenvalue weighted by Crippen LogP contribution is 2.22. The summed E-state index contributed by atoms with van der Waals surface area (Å²) in [6.07, 6.45) is 0. The maximum absolute atomic E-state index is 12.5. The van der Waals surface area contributed by atoms with Crippen LogP contribution in [0.25, 0.3) is 22.4 Å². The smallest absolute Gasteiger partial charge is 0.341 e. The van der Waals surface area contributed by atoms with Crippen LogP contribution in [0.1, 0.15) is 10.4 Å². The van der Waals surface area contributed by atoms with Crippen LogP contribution in [0.2, 0.25) is 0 Å². The van der Waals surface area contributed by atoms with E-state index < -0.39 is 12.6 Å². The van der Waals surface area contributed by atoms with E-state index in [1.165, 1.54) is 6.07 Å². The Morgan fingerprint density at radius 3 is 2.55 bits per heavy atom. The Morgan fingerprint density at radius 1 is 1.00 bits per heavy atom. The molecule has 4 aromatic rings. The number of fused-ring (bicyclic) bond motifs is 1. The maximum Gasteiger partial charge on any atom is 0.341 e. The van der Waals surface area contributed by atoms with E-state index in [1.807, 2.05) is 36.4 Å². The highest BCUT2D eigenvalue weighted by atomic mass is 16.5. The van der Waals surface area contributed by atoms with Gasteiger partial charge in [0.15, 0.2) is 6.61 Å². The van der Waals surface area contributed by atoms with Crippen LogP contribution in [0.5, 0.6) is 5.75 Å². The molecule has 4 rings (SSSR count). The number of aromatic amines is 1. The first-order chi connectivity index (χ1) is 14.1. The first kappa shape index (κ1) is 18.2. The van der Waals surface area contributed by atoms with E-state index in [1.54, 1.807) is 30.3 Å². The van der Waals surface area contributed by atoms with E-state index in [0.717, 1.165) is 22.4 Å². The van der Waals surface area contributed by atoms with Crippen molar-refractivity contribution in [2.24, 2.45) is 0 Å². The van der Waals surface area contributed by atoms with Crippen LogP contribution in [-0.4, -0.2) is 33.6 Å². The number of hydrogen-bond donors (Lipinski definition) is 3. The summed E-state index contributed by atoms with van der Waals surface area (Å²) in [5, 5.41) is 11.5. The summed E-state index contributed by atoms with van der Waals surface area (Å²) < 4.78 is 5.11. The summed E-state index contributed by atoms with van der Waals surface area (Å²) >= 11 is 0. The van der Waals surface area contributed by atoms with Crippen LogP contribution >= 0.6 is 0 Å². The number of benzene rings is 3. The minimum Gasteiger partial charge on any atom is -0.482 e. The molecule has 29 heavy (non-hydrogen) atoms. The number of ether oxygens (including phenoxy) is 1. The molecule has 0 spiro atoms. The molecule has 0 unspecified atom stereocenters. The van der Waals surface area contributed by atoms with Gasteiger partial charge in [0, 0.05) is 16.8 Å². The molecule has 0 atom stereocenters. The fourth-order valence-corrected chi connectivity index (χ4v) is 2.88. The van der Waals surface area contributed by atoms with Crippen molar-refractivity contribution in [1.29, 1.82) is 0 Å². The zero-order valence-corrected chi connectivity index (χ0v) is 15.3. The number of hydrogen-bond acceptors (Lipinski definition) is 4. The number of nitrogens with one attached hydrogen (secondary N) is 2. The summed E-state index contributed by atoms with van der Waals surface area (Å²) in [6, 6.07) is 21.5. The van der Waals surface area contributed by atoms with Gasteiger partial charge in [-0.3, -0.25) is 4.79 Å². The lowest BCUT2D eigenvalue weighted by atomic mass is 10.1. The standard InChI is InChI=1S/C22H17N3O4/c26-20(27)13-29-17-5-3-4-15(12-17)22(28)23-16-10-8-14(9-11-16)21-24-18-6-1-2-7-19(18)25-21/h1-12H,13H2,(H,23,28)(H,24,25)(H,26,27). The fourth-order valence-electron chi connectivity index (χ4n) is 2.88. The number of carboxylic acids is 1. The monoisotopic (exact) mass is 387 g/mol. The number of aliphatic carboxylic acids is 1. The Labute approximate surface area is 166 Å². The van der Waals surface area contributed by atoms with Crippen molar-refractivity contribution in [3.05, 3.63) is 78.4 Å². The van der Waals surface area contributed by atoms with Gasteiger partial charge < -0.3 is 20.1 Å². The Morgan fingerprint density at radius 2 is 1.79 bits per heavy atom. The molecule has 3 aromatic carbocycles. The Balaban J connectivity index is 1.46. The number of anilines is 1. The van der Waals surface area contributed by atoms with Crippen molar-refractivity contribution < 1.29 is 19.4 Å². The van der Waals surface area contributed by atoms with Gasteiger partial charge in [0.2, 0.25) is 0 Å². The fraction of sp³-hybridized carbons (Fsp3) is 0.0455. The van der Waals surface area contributed by atoms with Crippen LogP contribution in [0.3, 0.4) is 0 Å². The molecule has 7 nitrogen and oxygen atoms in total. The minimum absolute atomic E-state index is 0.317. The molecule has 0 bridgehead atoms. The SMILES string of the molecule is O=C(O)COc1cccc(C(=O)Nc2ccc(-c3nc4ccccc4[nH]3)cc2)c1. The van der Waals surface area contributed by atoms with E-state index >= 15 is 0 Å². The maximum atomic E-state index is 12.5. The van der Waals surface area contributed by atoms with Gasteiger partial charge in [0.05, 0.1) is 11.0 Å². The van der Waals surface area contributed by atoms with Crippen molar-refractivity contribution in [2.45, 2.75) is 0 Å². The molecule has 0 aliphatic heterocycles. The molecule has 1 aromatic heterocycles. The van der Waals surface area contributed by atoms with E-state index in [-0.39, 0.29) is 5.91 Å². The molecule has 1 heterocycles. The topological polar surface area (TPSA) is 104 Å². The first-order valence-corrected chi connectivity index (χ1v) is 8.90. The number of nitrogens with zero attached hydrogens (tertiary/aromatic N) is 1. The highest BCUT2D eigenvalue weighted by Gasteiger charge is 2.09. The summed E-state index contributed by atoms with van der Waals surface area (Å²) in [6.45, 7) is -0.464. The largest absolute Gasteiger partial charge is 0.482 e. The summed E-state index contributed by atoms with van der Waals surface area (Å²) in [4.78, 5) is 30.9. The molecule has 144 valence electrons. The van der Waals surface area contributed by atoms with Gasteiger partial charge in [-0.25, -0.2) is 9.78 Å². The van der Waals surface area contributed by atoms with E-state index in [2.05, 4.69) is 15.3 Å². The molecule has 0 radical (unpaired) electrons. The van der Waals surface area contributed by atoms with E-state index in [4.69, 9.17) is 9.84 Å². The number of para-hydroxylation sites is 2. The lowest BCUT2D eigenvalue weighted by Gasteiger charge is -2.08. The average Bonchev–Trinajstić information content (AvgIpc) is 3.17. The number of carbonyl (C=O) groups is 2. The third-order valence-corrected chi connectivity index (χ3v) is 4.26. The lowest BCUT2D eigenvalue weighted by molar-refractivity contribution is -0.139. The van der Waals surface area contributed by atoms with Crippen LogP contribution in [0, 0.1) is 0 Å². The highest BCUT2D eigenvalue weighted by molar-refractivity contribution is 6.04. The summed E-state index contributed by atoms with van der Waals surface area (Å²) in [5.41, 5.74) is 3.76. The van der Waals surface area contributed by atoms with Gasteiger partial charge in [-0.05, 0) is 54.6 Å². The van der Waals surface area contributed by atoms with Crippen molar-refractivity contribution in [1.82, 2.24) is 9.97 Å². The van der Waals surface area contributed by atoms with Crippen LogP contribution in [-0.2, 0) is 4.79 Å². The summed E-state index contributed by atoms with van der Waals surface area (Å²) in [5.74, 6) is -0.320. The second kappa shape index (κ2) is 7.85. The van der Waals surface area contributed by atoms with Crippen molar-refractivity contribution >= 4 is 28.6 Å². The number of amides is 1. The number of carboxylic acid groups (broad SMARTS) is 1. The molecule has 0 saturated carbocycles. The minimum atomic E-state index is -1.08. The summed E-state index contributed by atoms with van der Waals surface area (Å²) in [7, 11) is 0. The van der Waals surface area contributed by atoms with Crippen molar-refractivity contribution in [3.8, 4) is 17.1 Å². The van der Waals surface area contributed by atoms with Crippen molar-refractivity contribution in [3.63, 3.8) is 0 Å². The lowest BCUT2D eigenvalue weighted by Crippen LogP contribution is -2.13. The van der Waals surface area contributed by atoms with Gasteiger partial charge in [-0.2, -0.15) is 0 Å². The number of imidazole rings is 1. The van der Waals surface area contributed by atoms with Crippen LogP contribution in [0.15, 0.2) is 72.8 Å². The predicted molar refractivity (Wildman–Crippen MR) is 109 cm³/mol. The van der Waals surface area contributed by atoms with Gasteiger partial charge in [0.1, 0.15) is 11.6 Å². The first-order valence-electron chi connectivity index (χ1n) is 8.90. The second-order valence-corrected chi connectivity index (χ2v) is 6.34.